The summed E-state index contributed by atoms with van der Waals surface area (Å²) in [5.74, 6) is -0.660. The number of halogens is 1. The number of nitrogens with zero attached hydrogens (tertiary/aromatic N) is 3. The fourth-order valence-corrected chi connectivity index (χ4v) is 5.19. The van der Waals surface area contributed by atoms with Crippen molar-refractivity contribution in [3.05, 3.63) is 137 Å². The van der Waals surface area contributed by atoms with Gasteiger partial charge in [-0.3, -0.25) is 9.59 Å². The van der Waals surface area contributed by atoms with E-state index in [0.717, 1.165) is 33.3 Å². The third kappa shape index (κ3) is 7.89. The van der Waals surface area contributed by atoms with Crippen molar-refractivity contribution in [2.75, 3.05) is 32.1 Å². The Morgan fingerprint density at radius 3 is 2.05 bits per heavy atom. The smallest absolute Gasteiger partial charge is 0.242 e. The van der Waals surface area contributed by atoms with Gasteiger partial charge in [0.25, 0.3) is 0 Å². The first-order chi connectivity index (χ1) is 20.9. The van der Waals surface area contributed by atoms with Crippen molar-refractivity contribution < 1.29 is 14.0 Å². The highest BCUT2D eigenvalue weighted by Crippen LogP contribution is 2.20. The predicted octanol–water partition coefficient (Wildman–Crippen LogP) is 6.22. The van der Waals surface area contributed by atoms with Crippen molar-refractivity contribution in [1.82, 2.24) is 14.8 Å². The Morgan fingerprint density at radius 1 is 0.698 bits per heavy atom. The van der Waals surface area contributed by atoms with Crippen LogP contribution in [0.4, 0.5) is 10.1 Å². The summed E-state index contributed by atoms with van der Waals surface area (Å²) in [5, 5.41) is 1.14. The van der Waals surface area contributed by atoms with Crippen LogP contribution in [0.25, 0.3) is 10.9 Å². The molecule has 0 radical (unpaired) electrons. The second-order valence-corrected chi connectivity index (χ2v) is 11.0. The van der Waals surface area contributed by atoms with Crippen LogP contribution < -0.4 is 4.90 Å². The number of nitrogens with one attached hydrogen (secondary N) is 1. The number of carbonyl (C=O) groups excluding carboxylic acids is 2. The first-order valence-electron chi connectivity index (χ1n) is 14.5. The van der Waals surface area contributed by atoms with Gasteiger partial charge >= 0.3 is 0 Å². The Hall–Kier alpha value is -4.91. The molecule has 0 bridgehead atoms. The van der Waals surface area contributed by atoms with Crippen LogP contribution in [-0.4, -0.2) is 53.8 Å². The van der Waals surface area contributed by atoms with Gasteiger partial charge in [-0.25, -0.2) is 4.39 Å². The predicted molar refractivity (Wildman–Crippen MR) is 170 cm³/mol. The molecule has 0 saturated heterocycles. The minimum Gasteiger partial charge on any atom is -0.378 e. The molecule has 0 aliphatic rings. The molecule has 0 unspecified atom stereocenters. The molecule has 5 aromatic rings. The Bertz CT molecular complexity index is 1650. The third-order valence-electron chi connectivity index (χ3n) is 7.67. The molecule has 220 valence electrons. The number of carbonyl (C=O) groups is 2. The molecular formula is C36H37FN4O2. The van der Waals surface area contributed by atoms with Crippen LogP contribution in [-0.2, 0) is 35.5 Å². The number of anilines is 1. The molecule has 43 heavy (non-hydrogen) atoms. The second-order valence-electron chi connectivity index (χ2n) is 11.0. The van der Waals surface area contributed by atoms with E-state index < -0.39 is 0 Å². The summed E-state index contributed by atoms with van der Waals surface area (Å²) in [4.78, 5) is 36.4. The van der Waals surface area contributed by atoms with Gasteiger partial charge in [0, 0.05) is 56.5 Å². The van der Waals surface area contributed by atoms with Crippen molar-refractivity contribution in [2.24, 2.45) is 0 Å². The summed E-state index contributed by atoms with van der Waals surface area (Å²) in [6.07, 6.45) is 2.77. The minimum absolute atomic E-state index is 0.0570. The van der Waals surface area contributed by atoms with Crippen LogP contribution in [0.1, 0.15) is 22.3 Å². The van der Waals surface area contributed by atoms with Crippen molar-refractivity contribution in [3.8, 4) is 0 Å². The lowest BCUT2D eigenvalue weighted by Gasteiger charge is -2.28. The molecule has 0 aliphatic carbocycles. The Balaban J connectivity index is 1.37. The zero-order valence-corrected chi connectivity index (χ0v) is 24.7. The third-order valence-corrected chi connectivity index (χ3v) is 7.67. The number of benzene rings is 4. The zero-order valence-electron chi connectivity index (χ0n) is 24.7. The lowest BCUT2D eigenvalue weighted by Crippen LogP contribution is -2.43. The number of aromatic nitrogens is 1. The van der Waals surface area contributed by atoms with Gasteiger partial charge in [0.15, 0.2) is 0 Å². The lowest BCUT2D eigenvalue weighted by atomic mass is 10.1. The Kier molecular flexibility index (Phi) is 9.52. The largest absolute Gasteiger partial charge is 0.378 e. The maximum Gasteiger partial charge on any atom is 0.242 e. The summed E-state index contributed by atoms with van der Waals surface area (Å²) in [5.41, 5.74) is 5.95. The van der Waals surface area contributed by atoms with Crippen LogP contribution in [0.5, 0.6) is 0 Å². The van der Waals surface area contributed by atoms with E-state index in [-0.39, 0.29) is 30.6 Å². The topological polar surface area (TPSA) is 59.7 Å². The molecule has 0 fully saturated rings. The number of aromatic amines is 1. The number of rotatable bonds is 12. The van der Waals surface area contributed by atoms with Gasteiger partial charge in [-0.1, -0.05) is 72.8 Å². The quantitative estimate of drug-likeness (QED) is 0.192. The standard InChI is InChI=1S/C36H37FN4O2/c1-39(2)32-18-14-29(15-19-32)24-40(21-20-30-23-38-34-11-7-6-10-33(30)34)36(43)26-41(25-28-8-4-3-5-9-28)35(42)22-27-12-16-31(37)17-13-27/h3-19,23,38H,20-22,24-26H2,1-2H3. The summed E-state index contributed by atoms with van der Waals surface area (Å²) >= 11 is 0. The minimum atomic E-state index is -0.350. The Labute approximate surface area is 252 Å². The van der Waals surface area contributed by atoms with E-state index in [1.165, 1.54) is 12.1 Å². The van der Waals surface area contributed by atoms with E-state index in [4.69, 9.17) is 0 Å². The van der Waals surface area contributed by atoms with Crippen molar-refractivity contribution in [2.45, 2.75) is 25.9 Å². The maximum atomic E-state index is 14.0. The van der Waals surface area contributed by atoms with Crippen molar-refractivity contribution in [1.29, 1.82) is 0 Å². The van der Waals surface area contributed by atoms with E-state index in [2.05, 4.69) is 11.1 Å². The van der Waals surface area contributed by atoms with Crippen LogP contribution in [0, 0.1) is 5.82 Å². The van der Waals surface area contributed by atoms with E-state index in [1.54, 1.807) is 17.0 Å². The van der Waals surface area contributed by atoms with E-state index in [0.29, 0.717) is 31.6 Å². The summed E-state index contributed by atoms with van der Waals surface area (Å²) in [7, 11) is 3.99. The van der Waals surface area contributed by atoms with Gasteiger partial charge in [0.05, 0.1) is 6.42 Å². The van der Waals surface area contributed by atoms with Crippen LogP contribution in [0.2, 0.25) is 0 Å². The molecule has 1 N–H and O–H groups in total. The highest BCUT2D eigenvalue weighted by Gasteiger charge is 2.23. The Morgan fingerprint density at radius 2 is 1.33 bits per heavy atom. The monoisotopic (exact) mass is 576 g/mol. The van der Waals surface area contributed by atoms with Gasteiger partial charge in [-0.05, 0) is 59.0 Å². The first-order valence-corrected chi connectivity index (χ1v) is 14.5. The van der Waals surface area contributed by atoms with E-state index in [9.17, 15) is 14.0 Å². The van der Waals surface area contributed by atoms with Gasteiger partial charge in [0.2, 0.25) is 11.8 Å². The van der Waals surface area contributed by atoms with Gasteiger partial charge in [-0.15, -0.1) is 0 Å². The molecule has 1 aromatic heterocycles. The molecule has 4 aromatic carbocycles. The number of hydrogen-bond donors (Lipinski definition) is 1. The summed E-state index contributed by atoms with van der Waals surface area (Å²) in [6.45, 7) is 1.18. The highest BCUT2D eigenvalue weighted by molar-refractivity contribution is 5.86. The fourth-order valence-electron chi connectivity index (χ4n) is 5.19. The van der Waals surface area contributed by atoms with Crippen LogP contribution >= 0.6 is 0 Å². The molecule has 0 atom stereocenters. The molecule has 0 saturated carbocycles. The number of hydrogen-bond acceptors (Lipinski definition) is 3. The second kappa shape index (κ2) is 13.8. The number of H-pyrrole nitrogens is 1. The van der Waals surface area contributed by atoms with Gasteiger partial charge < -0.3 is 19.7 Å². The number of para-hydroxylation sites is 1. The summed E-state index contributed by atoms with van der Waals surface area (Å²) < 4.78 is 13.5. The summed E-state index contributed by atoms with van der Waals surface area (Å²) in [6, 6.07) is 31.9. The van der Waals surface area contributed by atoms with Crippen molar-refractivity contribution >= 4 is 28.4 Å². The molecule has 6 nitrogen and oxygen atoms in total. The molecule has 7 heteroatoms. The first kappa shape index (κ1) is 29.6. The average molecular weight is 577 g/mol. The normalized spacial score (nSPS) is 11.0. The molecule has 0 aliphatic heterocycles. The highest BCUT2D eigenvalue weighted by atomic mass is 19.1. The van der Waals surface area contributed by atoms with E-state index >= 15 is 0 Å². The number of amides is 2. The van der Waals surface area contributed by atoms with Crippen molar-refractivity contribution in [3.63, 3.8) is 0 Å². The fraction of sp³-hybridized carbons (Fsp3) is 0.222. The SMILES string of the molecule is CN(C)c1ccc(CN(CCc2c[nH]c3ccccc23)C(=O)CN(Cc2ccccc2)C(=O)Cc2ccc(F)cc2)cc1. The molecular weight excluding hydrogens is 539 g/mol. The zero-order chi connectivity index (χ0) is 30.2. The lowest BCUT2D eigenvalue weighted by molar-refractivity contribution is -0.141. The van der Waals surface area contributed by atoms with Crippen LogP contribution in [0.3, 0.4) is 0 Å². The molecule has 1 heterocycles. The maximum absolute atomic E-state index is 14.0. The molecule has 5 rings (SSSR count). The molecule has 0 spiro atoms. The van der Waals surface area contributed by atoms with Crippen LogP contribution in [0.15, 0.2) is 109 Å². The molecule has 2 amide bonds. The average Bonchev–Trinajstić information content (AvgIpc) is 3.43. The van der Waals surface area contributed by atoms with Gasteiger partial charge in [-0.2, -0.15) is 0 Å². The van der Waals surface area contributed by atoms with E-state index in [1.807, 2.05) is 103 Å². The van der Waals surface area contributed by atoms with Gasteiger partial charge in [0.1, 0.15) is 12.4 Å². The number of fused-ring (bicyclic) bond motifs is 1.